The summed E-state index contributed by atoms with van der Waals surface area (Å²) in [6.45, 7) is 13.3. The fraction of sp³-hybridized carbons (Fsp3) is 0.600. The number of rotatable bonds is 9. The smallest absolute Gasteiger partial charge is 0.251 e. The highest BCUT2D eigenvalue weighted by molar-refractivity contribution is 6.00. The average molecular weight is 610 g/mol. The van der Waals surface area contributed by atoms with Crippen LogP contribution in [0.3, 0.4) is 0 Å². The largest absolute Gasteiger partial charge is 0.355 e. The standard InChI is InChI=1S/C30H44N6O3.2ClH/c1-7-8-15-35-28(38)26(18-20(2)3)32-29(39)30(35)13-16-34(17-14-30)19-25-21(4)33-36(22(25)5)24-11-9-23(10-12-24)27(37)31-6;;/h9-12,20,26H,7-8,13-19H2,1-6H3,(H,31,37)(H,32,39);2*1H/t26-;;/m0../s1. The van der Waals surface area contributed by atoms with Crippen LogP contribution in [0.4, 0.5) is 0 Å². The summed E-state index contributed by atoms with van der Waals surface area (Å²) in [6, 6.07) is 7.02. The molecule has 11 heteroatoms. The van der Waals surface area contributed by atoms with Crippen LogP contribution in [0.1, 0.15) is 80.2 Å². The summed E-state index contributed by atoms with van der Waals surface area (Å²) in [5.74, 6) is 0.323. The van der Waals surface area contributed by atoms with Crippen molar-refractivity contribution in [1.82, 2.24) is 30.2 Å². The van der Waals surface area contributed by atoms with E-state index in [1.165, 1.54) is 5.56 Å². The molecular formula is C30H46Cl2N6O3. The quantitative estimate of drug-likeness (QED) is 0.444. The fourth-order valence-electron chi connectivity index (χ4n) is 6.00. The lowest BCUT2D eigenvalue weighted by molar-refractivity contribution is -0.161. The Hall–Kier alpha value is -2.62. The van der Waals surface area contributed by atoms with E-state index in [0.717, 1.165) is 49.6 Å². The Morgan fingerprint density at radius 2 is 1.76 bits per heavy atom. The third kappa shape index (κ3) is 7.07. The number of piperidine rings is 1. The van der Waals surface area contributed by atoms with Crippen LogP contribution < -0.4 is 10.6 Å². The number of benzene rings is 1. The van der Waals surface area contributed by atoms with Crippen molar-refractivity contribution < 1.29 is 14.4 Å². The normalized spacial score (nSPS) is 18.6. The molecule has 3 heterocycles. The van der Waals surface area contributed by atoms with Gasteiger partial charge in [-0.1, -0.05) is 27.2 Å². The molecule has 0 saturated carbocycles. The maximum Gasteiger partial charge on any atom is 0.251 e. The third-order valence-corrected chi connectivity index (χ3v) is 8.36. The zero-order chi connectivity index (χ0) is 28.3. The van der Waals surface area contributed by atoms with Gasteiger partial charge < -0.3 is 15.5 Å². The summed E-state index contributed by atoms with van der Waals surface area (Å²) in [4.78, 5) is 43.3. The van der Waals surface area contributed by atoms with Crippen molar-refractivity contribution >= 4 is 42.5 Å². The molecule has 2 N–H and O–H groups in total. The molecule has 2 aromatic rings. The van der Waals surface area contributed by atoms with Crippen LogP contribution in [0.5, 0.6) is 0 Å². The Balaban J connectivity index is 0.00000294. The third-order valence-electron chi connectivity index (χ3n) is 8.36. The molecule has 3 amide bonds. The van der Waals surface area contributed by atoms with E-state index < -0.39 is 11.6 Å². The van der Waals surface area contributed by atoms with E-state index in [2.05, 4.69) is 43.2 Å². The molecule has 2 saturated heterocycles. The average Bonchev–Trinajstić information content (AvgIpc) is 3.20. The number of amides is 3. The number of aryl methyl sites for hydroxylation is 1. The van der Waals surface area contributed by atoms with Crippen molar-refractivity contribution in [3.8, 4) is 5.69 Å². The highest BCUT2D eigenvalue weighted by Gasteiger charge is 2.53. The summed E-state index contributed by atoms with van der Waals surface area (Å²) in [6.07, 6.45) is 3.83. The Bertz CT molecular complexity index is 1210. The van der Waals surface area contributed by atoms with E-state index in [4.69, 9.17) is 5.10 Å². The van der Waals surface area contributed by atoms with Gasteiger partial charge in [0.2, 0.25) is 11.8 Å². The molecule has 0 radical (unpaired) electrons. The number of unbranched alkanes of at least 4 members (excludes halogenated alkanes) is 1. The second-order valence-electron chi connectivity index (χ2n) is 11.5. The van der Waals surface area contributed by atoms with Crippen molar-refractivity contribution in [3.63, 3.8) is 0 Å². The molecule has 2 aliphatic rings. The van der Waals surface area contributed by atoms with Gasteiger partial charge in [0.1, 0.15) is 11.6 Å². The maximum atomic E-state index is 13.5. The van der Waals surface area contributed by atoms with Gasteiger partial charge in [0.25, 0.3) is 5.91 Å². The number of aromatic nitrogens is 2. The molecule has 0 aliphatic carbocycles. The summed E-state index contributed by atoms with van der Waals surface area (Å²) >= 11 is 0. The second-order valence-corrected chi connectivity index (χ2v) is 11.5. The van der Waals surface area contributed by atoms with Gasteiger partial charge >= 0.3 is 0 Å². The minimum Gasteiger partial charge on any atom is -0.355 e. The Labute approximate surface area is 256 Å². The molecule has 2 aliphatic heterocycles. The lowest BCUT2D eigenvalue weighted by Gasteiger charge is -2.52. The van der Waals surface area contributed by atoms with E-state index >= 15 is 0 Å². The van der Waals surface area contributed by atoms with Crippen molar-refractivity contribution in [3.05, 3.63) is 46.8 Å². The second kappa shape index (κ2) is 14.5. The fourth-order valence-corrected chi connectivity index (χ4v) is 6.00. The monoisotopic (exact) mass is 608 g/mol. The van der Waals surface area contributed by atoms with Gasteiger partial charge in [-0.2, -0.15) is 5.10 Å². The predicted molar refractivity (Wildman–Crippen MR) is 166 cm³/mol. The molecule has 0 bridgehead atoms. The number of carbonyl (C=O) groups excluding carboxylic acids is 3. The molecule has 228 valence electrons. The number of nitrogens with zero attached hydrogens (tertiary/aromatic N) is 4. The first-order valence-electron chi connectivity index (χ1n) is 14.3. The summed E-state index contributed by atoms with van der Waals surface area (Å²) in [5, 5.41) is 10.5. The molecule has 1 aromatic carbocycles. The van der Waals surface area contributed by atoms with Gasteiger partial charge in [-0.3, -0.25) is 19.3 Å². The number of halogens is 2. The summed E-state index contributed by atoms with van der Waals surface area (Å²) in [7, 11) is 1.62. The van der Waals surface area contributed by atoms with Crippen molar-refractivity contribution in [2.45, 2.75) is 84.8 Å². The number of nitrogens with one attached hydrogen (secondary N) is 2. The predicted octanol–water partition coefficient (Wildman–Crippen LogP) is 4.20. The Kier molecular flexibility index (Phi) is 12.2. The topological polar surface area (TPSA) is 99.6 Å². The van der Waals surface area contributed by atoms with Crippen molar-refractivity contribution in [2.24, 2.45) is 5.92 Å². The molecule has 1 aromatic heterocycles. The zero-order valence-electron chi connectivity index (χ0n) is 25.2. The van der Waals surface area contributed by atoms with Gasteiger partial charge in [-0.05, 0) is 69.7 Å². The first kappa shape index (κ1) is 34.6. The molecule has 9 nitrogen and oxygen atoms in total. The Morgan fingerprint density at radius 1 is 1.12 bits per heavy atom. The van der Waals surface area contributed by atoms with Gasteiger partial charge in [0, 0.05) is 50.0 Å². The van der Waals surface area contributed by atoms with Crippen LogP contribution in [-0.4, -0.2) is 75.6 Å². The number of carbonyl (C=O) groups is 3. The van der Waals surface area contributed by atoms with E-state index in [9.17, 15) is 14.4 Å². The maximum absolute atomic E-state index is 13.5. The van der Waals surface area contributed by atoms with Gasteiger partial charge in [-0.15, -0.1) is 24.8 Å². The van der Waals surface area contributed by atoms with Crippen LogP contribution >= 0.6 is 24.8 Å². The lowest BCUT2D eigenvalue weighted by Crippen LogP contribution is -2.73. The highest BCUT2D eigenvalue weighted by atomic mass is 35.5. The van der Waals surface area contributed by atoms with E-state index in [0.29, 0.717) is 37.3 Å². The molecule has 0 unspecified atom stereocenters. The number of piperazine rings is 1. The summed E-state index contributed by atoms with van der Waals surface area (Å²) in [5.41, 5.74) is 3.97. The van der Waals surface area contributed by atoms with Crippen LogP contribution in [0.25, 0.3) is 5.69 Å². The van der Waals surface area contributed by atoms with Crippen LogP contribution in [-0.2, 0) is 16.1 Å². The molecule has 1 spiro atoms. The molecule has 4 rings (SSSR count). The summed E-state index contributed by atoms with van der Waals surface area (Å²) < 4.78 is 1.93. The molecule has 2 fully saturated rings. The van der Waals surface area contributed by atoms with Crippen LogP contribution in [0, 0.1) is 19.8 Å². The zero-order valence-corrected chi connectivity index (χ0v) is 26.8. The number of hydrogen-bond acceptors (Lipinski definition) is 5. The van der Waals surface area contributed by atoms with Gasteiger partial charge in [0.05, 0.1) is 11.4 Å². The van der Waals surface area contributed by atoms with E-state index in [1.807, 2.05) is 28.6 Å². The van der Waals surface area contributed by atoms with Crippen molar-refractivity contribution in [1.29, 1.82) is 0 Å². The van der Waals surface area contributed by atoms with Crippen LogP contribution in [0.15, 0.2) is 24.3 Å². The minimum atomic E-state index is -0.753. The minimum absolute atomic E-state index is 0. The van der Waals surface area contributed by atoms with E-state index in [1.54, 1.807) is 19.2 Å². The van der Waals surface area contributed by atoms with Gasteiger partial charge in [0.15, 0.2) is 0 Å². The SMILES string of the molecule is CCCCN1C(=O)[C@H](CC(C)C)NC(=O)C12CCN(Cc1c(C)nn(-c3ccc(C(=O)NC)cc3)c1C)CC2.Cl.Cl. The highest BCUT2D eigenvalue weighted by Crippen LogP contribution is 2.35. The first-order chi connectivity index (χ1) is 18.6. The molecule has 1 atom stereocenters. The number of likely N-dealkylation sites (tertiary alicyclic amines) is 1. The lowest BCUT2D eigenvalue weighted by atomic mass is 9.80. The number of hydrogen-bond donors (Lipinski definition) is 2. The van der Waals surface area contributed by atoms with Crippen LogP contribution in [0.2, 0.25) is 0 Å². The first-order valence-corrected chi connectivity index (χ1v) is 14.3. The van der Waals surface area contributed by atoms with Crippen molar-refractivity contribution in [2.75, 3.05) is 26.7 Å². The Morgan fingerprint density at radius 3 is 2.32 bits per heavy atom. The molecule has 41 heavy (non-hydrogen) atoms. The molecular weight excluding hydrogens is 563 g/mol. The van der Waals surface area contributed by atoms with Gasteiger partial charge in [-0.25, -0.2) is 4.68 Å². The van der Waals surface area contributed by atoms with E-state index in [-0.39, 0.29) is 42.5 Å².